The first kappa shape index (κ1) is 10.7. The zero-order valence-electron chi connectivity index (χ0n) is 9.79. The molecule has 2 aromatic heterocycles. The standard InChI is InChI=1S/C12H17N5/c13-6-10-2-5-16(7-10)8-11-9-17-4-1-3-14-12(17)15-11/h1,3-4,9-10H,2,5-8,13H2. The van der Waals surface area contributed by atoms with Crippen LogP contribution in [0.3, 0.4) is 0 Å². The van der Waals surface area contributed by atoms with Crippen LogP contribution in [0.4, 0.5) is 0 Å². The Bertz CT molecular complexity index is 473. The summed E-state index contributed by atoms with van der Waals surface area (Å²) in [6.07, 6.45) is 7.01. The van der Waals surface area contributed by atoms with Crippen LogP contribution in [-0.2, 0) is 6.54 Å². The minimum Gasteiger partial charge on any atom is -0.330 e. The number of rotatable bonds is 3. The molecule has 5 nitrogen and oxygen atoms in total. The fourth-order valence-electron chi connectivity index (χ4n) is 2.43. The molecule has 0 amide bonds. The Morgan fingerprint density at radius 3 is 3.18 bits per heavy atom. The molecule has 3 heterocycles. The summed E-state index contributed by atoms with van der Waals surface area (Å²) in [6.45, 7) is 3.92. The third-order valence-corrected chi connectivity index (χ3v) is 3.37. The summed E-state index contributed by atoms with van der Waals surface area (Å²) in [4.78, 5) is 11.1. The molecule has 0 aromatic carbocycles. The molecule has 1 aliphatic heterocycles. The molecular formula is C12H17N5. The predicted molar refractivity (Wildman–Crippen MR) is 65.4 cm³/mol. The van der Waals surface area contributed by atoms with E-state index < -0.39 is 0 Å². The third kappa shape index (κ3) is 2.16. The van der Waals surface area contributed by atoms with E-state index in [1.807, 2.05) is 16.7 Å². The third-order valence-electron chi connectivity index (χ3n) is 3.37. The maximum absolute atomic E-state index is 5.69. The highest BCUT2D eigenvalue weighted by Crippen LogP contribution is 2.17. The summed E-state index contributed by atoms with van der Waals surface area (Å²) in [6, 6.07) is 1.92. The van der Waals surface area contributed by atoms with Gasteiger partial charge in [0, 0.05) is 31.7 Å². The Hall–Kier alpha value is -1.46. The molecule has 0 radical (unpaired) electrons. The van der Waals surface area contributed by atoms with E-state index in [0.717, 1.165) is 37.7 Å². The molecule has 1 aliphatic rings. The maximum Gasteiger partial charge on any atom is 0.233 e. The molecule has 2 aromatic rings. The van der Waals surface area contributed by atoms with Gasteiger partial charge in [0.2, 0.25) is 5.78 Å². The Labute approximate surface area is 100 Å². The lowest BCUT2D eigenvalue weighted by Crippen LogP contribution is -2.22. The van der Waals surface area contributed by atoms with Crippen molar-refractivity contribution in [2.45, 2.75) is 13.0 Å². The van der Waals surface area contributed by atoms with E-state index in [2.05, 4.69) is 21.1 Å². The number of fused-ring (bicyclic) bond motifs is 1. The van der Waals surface area contributed by atoms with Gasteiger partial charge in [-0.3, -0.25) is 9.30 Å². The van der Waals surface area contributed by atoms with Gasteiger partial charge in [-0.25, -0.2) is 9.97 Å². The second kappa shape index (κ2) is 4.43. The van der Waals surface area contributed by atoms with E-state index >= 15 is 0 Å². The van der Waals surface area contributed by atoms with E-state index in [0.29, 0.717) is 5.92 Å². The van der Waals surface area contributed by atoms with Crippen molar-refractivity contribution in [2.24, 2.45) is 11.7 Å². The van der Waals surface area contributed by atoms with Crippen LogP contribution in [0.1, 0.15) is 12.1 Å². The normalized spacial score (nSPS) is 21.4. The molecule has 1 unspecified atom stereocenters. The van der Waals surface area contributed by atoms with Crippen molar-refractivity contribution in [3.05, 3.63) is 30.4 Å². The summed E-state index contributed by atoms with van der Waals surface area (Å²) >= 11 is 0. The van der Waals surface area contributed by atoms with Gasteiger partial charge in [-0.1, -0.05) is 0 Å². The van der Waals surface area contributed by atoms with Crippen LogP contribution in [0.25, 0.3) is 5.78 Å². The van der Waals surface area contributed by atoms with Gasteiger partial charge in [0.25, 0.3) is 0 Å². The highest BCUT2D eigenvalue weighted by Gasteiger charge is 2.21. The number of nitrogens with two attached hydrogens (primary N) is 1. The summed E-state index contributed by atoms with van der Waals surface area (Å²) in [7, 11) is 0. The largest absolute Gasteiger partial charge is 0.330 e. The average Bonchev–Trinajstić information content (AvgIpc) is 2.94. The topological polar surface area (TPSA) is 59.5 Å². The highest BCUT2D eigenvalue weighted by atomic mass is 15.2. The minimum absolute atomic E-state index is 0.658. The highest BCUT2D eigenvalue weighted by molar-refractivity contribution is 5.29. The fourth-order valence-corrected chi connectivity index (χ4v) is 2.43. The Balaban J connectivity index is 1.73. The zero-order valence-corrected chi connectivity index (χ0v) is 9.79. The molecule has 2 N–H and O–H groups in total. The van der Waals surface area contributed by atoms with Crippen LogP contribution in [0.15, 0.2) is 24.7 Å². The summed E-state index contributed by atoms with van der Waals surface area (Å²) in [5.41, 5.74) is 6.78. The Kier molecular flexibility index (Phi) is 2.78. The second-order valence-corrected chi connectivity index (χ2v) is 4.68. The van der Waals surface area contributed by atoms with Crippen molar-refractivity contribution >= 4 is 5.78 Å². The molecule has 1 atom stereocenters. The lowest BCUT2D eigenvalue weighted by molar-refractivity contribution is 0.314. The first-order chi connectivity index (χ1) is 8.35. The van der Waals surface area contributed by atoms with E-state index in [4.69, 9.17) is 5.73 Å². The molecule has 17 heavy (non-hydrogen) atoms. The van der Waals surface area contributed by atoms with Crippen molar-refractivity contribution in [3.63, 3.8) is 0 Å². The number of nitrogens with zero attached hydrogens (tertiary/aromatic N) is 4. The minimum atomic E-state index is 0.658. The van der Waals surface area contributed by atoms with Crippen LogP contribution in [0.5, 0.6) is 0 Å². The molecule has 3 rings (SSSR count). The molecule has 0 spiro atoms. The molecule has 0 aliphatic carbocycles. The van der Waals surface area contributed by atoms with Gasteiger partial charge >= 0.3 is 0 Å². The molecule has 5 heteroatoms. The van der Waals surface area contributed by atoms with Crippen molar-refractivity contribution < 1.29 is 0 Å². The Morgan fingerprint density at radius 2 is 2.41 bits per heavy atom. The number of hydrogen-bond donors (Lipinski definition) is 1. The van der Waals surface area contributed by atoms with Gasteiger partial charge < -0.3 is 5.73 Å². The van der Waals surface area contributed by atoms with Crippen LogP contribution >= 0.6 is 0 Å². The van der Waals surface area contributed by atoms with E-state index in [1.165, 1.54) is 6.42 Å². The molecule has 1 fully saturated rings. The van der Waals surface area contributed by atoms with Gasteiger partial charge in [0.05, 0.1) is 5.69 Å². The Morgan fingerprint density at radius 1 is 1.47 bits per heavy atom. The van der Waals surface area contributed by atoms with Crippen LogP contribution in [-0.4, -0.2) is 38.9 Å². The number of aromatic nitrogens is 3. The van der Waals surface area contributed by atoms with Gasteiger partial charge in [-0.05, 0) is 31.5 Å². The lowest BCUT2D eigenvalue weighted by atomic mass is 10.1. The maximum atomic E-state index is 5.69. The molecular weight excluding hydrogens is 214 g/mol. The lowest BCUT2D eigenvalue weighted by Gasteiger charge is -2.13. The summed E-state index contributed by atoms with van der Waals surface area (Å²) < 4.78 is 1.96. The zero-order chi connectivity index (χ0) is 11.7. The first-order valence-electron chi connectivity index (χ1n) is 6.06. The number of likely N-dealkylation sites (tertiary alicyclic amines) is 1. The van der Waals surface area contributed by atoms with Crippen molar-refractivity contribution in [1.82, 2.24) is 19.3 Å². The van der Waals surface area contributed by atoms with Gasteiger partial charge in [-0.15, -0.1) is 0 Å². The molecule has 90 valence electrons. The van der Waals surface area contributed by atoms with Crippen molar-refractivity contribution in [3.8, 4) is 0 Å². The van der Waals surface area contributed by atoms with Crippen molar-refractivity contribution in [1.29, 1.82) is 0 Å². The molecule has 1 saturated heterocycles. The number of hydrogen-bond acceptors (Lipinski definition) is 4. The van der Waals surface area contributed by atoms with Crippen molar-refractivity contribution in [2.75, 3.05) is 19.6 Å². The van der Waals surface area contributed by atoms with Crippen LogP contribution in [0, 0.1) is 5.92 Å². The summed E-state index contributed by atoms with van der Waals surface area (Å²) in [5, 5.41) is 0. The average molecular weight is 231 g/mol. The first-order valence-corrected chi connectivity index (χ1v) is 6.06. The van der Waals surface area contributed by atoms with E-state index in [1.54, 1.807) is 6.20 Å². The predicted octanol–water partition coefficient (Wildman–Crippen LogP) is 0.510. The quantitative estimate of drug-likeness (QED) is 0.836. The van der Waals surface area contributed by atoms with Crippen LogP contribution in [0.2, 0.25) is 0 Å². The van der Waals surface area contributed by atoms with Crippen LogP contribution < -0.4 is 5.73 Å². The van der Waals surface area contributed by atoms with E-state index in [9.17, 15) is 0 Å². The fraction of sp³-hybridized carbons (Fsp3) is 0.500. The summed E-state index contributed by atoms with van der Waals surface area (Å²) in [5.74, 6) is 1.43. The van der Waals surface area contributed by atoms with E-state index in [-0.39, 0.29) is 0 Å². The van der Waals surface area contributed by atoms with Gasteiger partial charge in [0.15, 0.2) is 0 Å². The molecule has 0 bridgehead atoms. The molecule has 0 saturated carbocycles. The SMILES string of the molecule is NCC1CCN(Cc2cn3cccnc3n2)C1. The smallest absolute Gasteiger partial charge is 0.233 e. The second-order valence-electron chi connectivity index (χ2n) is 4.68. The van der Waals surface area contributed by atoms with Gasteiger partial charge in [-0.2, -0.15) is 0 Å². The monoisotopic (exact) mass is 231 g/mol. The van der Waals surface area contributed by atoms with Gasteiger partial charge in [0.1, 0.15) is 0 Å². The number of imidazole rings is 1.